The summed E-state index contributed by atoms with van der Waals surface area (Å²) >= 11 is 2.09. The van der Waals surface area contributed by atoms with Crippen molar-refractivity contribution in [1.29, 1.82) is 0 Å². The number of sulfonamides is 1. The van der Waals surface area contributed by atoms with Crippen LogP contribution < -0.4 is 24.9 Å². The van der Waals surface area contributed by atoms with E-state index in [9.17, 15) is 18.0 Å². The summed E-state index contributed by atoms with van der Waals surface area (Å²) in [6.07, 6.45) is 1.50. The van der Waals surface area contributed by atoms with E-state index in [0.29, 0.717) is 22.7 Å². The molecule has 0 aliphatic carbocycles. The summed E-state index contributed by atoms with van der Waals surface area (Å²) in [7, 11) is -2.53. The third-order valence-corrected chi connectivity index (χ3v) is 8.22. The van der Waals surface area contributed by atoms with Gasteiger partial charge in [0.15, 0.2) is 18.1 Å². The molecule has 0 saturated heterocycles. The van der Waals surface area contributed by atoms with Crippen LogP contribution in [0.3, 0.4) is 0 Å². The Morgan fingerprint density at radius 2 is 1.58 bits per heavy atom. The van der Waals surface area contributed by atoms with Crippen LogP contribution in [0.25, 0.3) is 0 Å². The maximum atomic E-state index is 13.1. The molecule has 0 heterocycles. The number of rotatable bonds is 13. The number of methoxy groups -OCH3 is 1. The van der Waals surface area contributed by atoms with Crippen LogP contribution in [-0.2, 0) is 26.0 Å². The summed E-state index contributed by atoms with van der Waals surface area (Å²) in [6.45, 7) is -0.227. The number of carbonyl (C=O) groups excluding carboxylic acids is 2. The zero-order valence-corrected chi connectivity index (χ0v) is 26.0. The molecule has 4 rings (SSSR count). The number of nitrogens with zero attached hydrogens (tertiary/aromatic N) is 1. The van der Waals surface area contributed by atoms with Gasteiger partial charge >= 0.3 is 0 Å². The SMILES string of the molecule is COc1cc(/C=N\NC(=O)[C@@H](Cc2ccccc2)NS(=O)(=O)c2ccc(I)cc2)ccc1OCC(=O)Nc1ccccc1. The van der Waals surface area contributed by atoms with Crippen molar-refractivity contribution < 1.29 is 27.5 Å². The first-order valence-electron chi connectivity index (χ1n) is 13.0. The van der Waals surface area contributed by atoms with Crippen LogP contribution in [0, 0.1) is 3.57 Å². The number of halogens is 1. The number of para-hydroxylation sites is 1. The lowest BCUT2D eigenvalue weighted by Crippen LogP contribution is -2.46. The number of amides is 2. The van der Waals surface area contributed by atoms with Crippen LogP contribution in [0.5, 0.6) is 11.5 Å². The van der Waals surface area contributed by atoms with Gasteiger partial charge in [0.1, 0.15) is 6.04 Å². The van der Waals surface area contributed by atoms with E-state index >= 15 is 0 Å². The zero-order chi connectivity index (χ0) is 30.7. The van der Waals surface area contributed by atoms with Crippen LogP contribution in [0.1, 0.15) is 11.1 Å². The van der Waals surface area contributed by atoms with Crippen LogP contribution in [0.4, 0.5) is 5.69 Å². The first-order valence-corrected chi connectivity index (χ1v) is 15.6. The van der Waals surface area contributed by atoms with Gasteiger partial charge in [0.2, 0.25) is 10.0 Å². The molecule has 43 heavy (non-hydrogen) atoms. The number of hydrogen-bond donors (Lipinski definition) is 3. The molecular formula is C31H29IN4O6S. The molecule has 0 saturated carbocycles. The van der Waals surface area contributed by atoms with Crippen LogP contribution in [-0.4, -0.2) is 46.2 Å². The predicted octanol–water partition coefficient (Wildman–Crippen LogP) is 4.36. The van der Waals surface area contributed by atoms with Crippen LogP contribution >= 0.6 is 22.6 Å². The second kappa shape index (κ2) is 15.3. The molecule has 4 aromatic carbocycles. The van der Waals surface area contributed by atoms with Crippen molar-refractivity contribution in [3.05, 3.63) is 118 Å². The van der Waals surface area contributed by atoms with E-state index in [1.165, 1.54) is 25.5 Å². The lowest BCUT2D eigenvalue weighted by atomic mass is 10.1. The zero-order valence-electron chi connectivity index (χ0n) is 23.1. The Hall–Kier alpha value is -4.27. The molecular weight excluding hydrogens is 683 g/mol. The summed E-state index contributed by atoms with van der Waals surface area (Å²) in [4.78, 5) is 25.4. The van der Waals surface area contributed by atoms with Crippen molar-refractivity contribution in [3.63, 3.8) is 0 Å². The van der Waals surface area contributed by atoms with E-state index in [4.69, 9.17) is 9.47 Å². The third kappa shape index (κ3) is 9.63. The minimum Gasteiger partial charge on any atom is -0.493 e. The van der Waals surface area contributed by atoms with Gasteiger partial charge in [0, 0.05) is 9.26 Å². The van der Waals surface area contributed by atoms with E-state index in [0.717, 1.165) is 9.13 Å². The molecule has 10 nitrogen and oxygen atoms in total. The Balaban J connectivity index is 1.41. The summed E-state index contributed by atoms with van der Waals surface area (Å²) < 4.78 is 40.5. The van der Waals surface area contributed by atoms with Crippen LogP contribution in [0.2, 0.25) is 0 Å². The van der Waals surface area contributed by atoms with E-state index in [-0.39, 0.29) is 23.8 Å². The normalized spacial score (nSPS) is 12.0. The van der Waals surface area contributed by atoms with Gasteiger partial charge in [-0.3, -0.25) is 9.59 Å². The van der Waals surface area contributed by atoms with Gasteiger partial charge in [-0.25, -0.2) is 13.8 Å². The monoisotopic (exact) mass is 712 g/mol. The highest BCUT2D eigenvalue weighted by atomic mass is 127. The molecule has 3 N–H and O–H groups in total. The van der Waals surface area contributed by atoms with Crippen LogP contribution in [0.15, 0.2) is 113 Å². The smallest absolute Gasteiger partial charge is 0.262 e. The molecule has 0 spiro atoms. The minimum absolute atomic E-state index is 0.0502. The molecule has 0 aromatic heterocycles. The molecule has 2 amide bonds. The largest absolute Gasteiger partial charge is 0.493 e. The molecule has 0 unspecified atom stereocenters. The fraction of sp³-hybridized carbons (Fsp3) is 0.129. The van der Waals surface area contributed by atoms with E-state index in [1.807, 2.05) is 48.5 Å². The van der Waals surface area contributed by atoms with Gasteiger partial charge in [-0.2, -0.15) is 9.82 Å². The van der Waals surface area contributed by atoms with Gasteiger partial charge in [0.25, 0.3) is 11.8 Å². The van der Waals surface area contributed by atoms with Crippen molar-refractivity contribution in [3.8, 4) is 11.5 Å². The molecule has 222 valence electrons. The summed E-state index contributed by atoms with van der Waals surface area (Å²) in [5, 5.41) is 6.76. The highest BCUT2D eigenvalue weighted by Gasteiger charge is 2.26. The fourth-order valence-electron chi connectivity index (χ4n) is 3.90. The van der Waals surface area contributed by atoms with Crippen molar-refractivity contribution in [2.45, 2.75) is 17.4 Å². The number of benzene rings is 4. The van der Waals surface area contributed by atoms with Gasteiger partial charge < -0.3 is 14.8 Å². The van der Waals surface area contributed by atoms with E-state index in [1.54, 1.807) is 42.5 Å². The van der Waals surface area contributed by atoms with Gasteiger partial charge in [-0.05, 0) is 94.7 Å². The average Bonchev–Trinajstić information content (AvgIpc) is 3.01. The molecule has 4 aromatic rings. The summed E-state index contributed by atoms with van der Waals surface area (Å²) in [6, 6.07) is 28.2. The Morgan fingerprint density at radius 1 is 0.907 bits per heavy atom. The van der Waals surface area contributed by atoms with E-state index in [2.05, 4.69) is 43.2 Å². The number of ether oxygens (including phenoxy) is 2. The molecule has 0 fully saturated rings. The average molecular weight is 713 g/mol. The van der Waals surface area contributed by atoms with Crippen molar-refractivity contribution in [1.82, 2.24) is 10.1 Å². The number of hydrogen-bond acceptors (Lipinski definition) is 7. The fourth-order valence-corrected chi connectivity index (χ4v) is 5.46. The molecule has 0 aliphatic heterocycles. The maximum absolute atomic E-state index is 13.1. The highest BCUT2D eigenvalue weighted by molar-refractivity contribution is 14.1. The number of hydrazone groups is 1. The van der Waals surface area contributed by atoms with Crippen molar-refractivity contribution in [2.75, 3.05) is 19.0 Å². The Labute approximate surface area is 263 Å². The quantitative estimate of drug-likeness (QED) is 0.107. The van der Waals surface area contributed by atoms with E-state index < -0.39 is 22.0 Å². The number of carbonyl (C=O) groups is 2. The van der Waals surface area contributed by atoms with Gasteiger partial charge in [0.05, 0.1) is 18.2 Å². The Kier molecular flexibility index (Phi) is 11.2. The predicted molar refractivity (Wildman–Crippen MR) is 173 cm³/mol. The van der Waals surface area contributed by atoms with Crippen molar-refractivity contribution in [2.24, 2.45) is 5.10 Å². The summed E-state index contributed by atoms with van der Waals surface area (Å²) in [5.41, 5.74) is 4.42. The topological polar surface area (TPSA) is 135 Å². The molecule has 12 heteroatoms. The van der Waals surface area contributed by atoms with Gasteiger partial charge in [-0.1, -0.05) is 48.5 Å². The second-order valence-corrected chi connectivity index (χ2v) is 12.1. The standard InChI is InChI=1S/C31H29IN4O6S/c1-41-29-19-23(12-17-28(29)42-21-30(37)34-25-10-6-3-7-11-25)20-33-35-31(38)27(18-22-8-4-2-5-9-22)36-43(39,40)26-15-13-24(32)14-16-26/h2-17,19-20,27,36H,18,21H2,1H3,(H,34,37)(H,35,38)/b33-20-/t27-/m1/s1. The first-order chi connectivity index (χ1) is 20.7. The first kappa shape index (κ1) is 31.7. The van der Waals surface area contributed by atoms with Gasteiger partial charge in [-0.15, -0.1) is 0 Å². The summed E-state index contributed by atoms with van der Waals surface area (Å²) in [5.74, 6) is -0.260. The minimum atomic E-state index is -3.99. The molecule has 0 radical (unpaired) electrons. The highest BCUT2D eigenvalue weighted by Crippen LogP contribution is 2.27. The lowest BCUT2D eigenvalue weighted by molar-refractivity contribution is -0.122. The molecule has 1 atom stereocenters. The number of nitrogens with one attached hydrogen (secondary N) is 3. The Morgan fingerprint density at radius 3 is 2.26 bits per heavy atom. The van der Waals surface area contributed by atoms with Crippen molar-refractivity contribution >= 4 is 56.3 Å². The number of anilines is 1. The second-order valence-electron chi connectivity index (χ2n) is 9.16. The maximum Gasteiger partial charge on any atom is 0.262 e. The molecule has 0 bridgehead atoms. The lowest BCUT2D eigenvalue weighted by Gasteiger charge is -2.17. The third-order valence-electron chi connectivity index (χ3n) is 6.01. The Bertz CT molecular complexity index is 1670. The molecule has 0 aliphatic rings.